The van der Waals surface area contributed by atoms with Crippen LogP contribution in [0.25, 0.3) is 0 Å². The monoisotopic (exact) mass is 486 g/mol. The van der Waals surface area contributed by atoms with Gasteiger partial charge in [0.1, 0.15) is 37.1 Å². The van der Waals surface area contributed by atoms with E-state index in [1.54, 1.807) is 0 Å². The summed E-state index contributed by atoms with van der Waals surface area (Å²) in [5.41, 5.74) is 5.51. The van der Waals surface area contributed by atoms with Gasteiger partial charge >= 0.3 is 0 Å². The van der Waals surface area contributed by atoms with Crippen LogP contribution in [0.4, 0.5) is 0 Å². The van der Waals surface area contributed by atoms with Gasteiger partial charge in [-0.2, -0.15) is 0 Å². The second-order valence-electron chi connectivity index (χ2n) is 8.88. The standard InChI is InChI=1S/C34H30O3/c1-5-13-27(14-6-1)21-32-33(36-25-29-17-9-3-10-18-29)22-31(35-24-28-15-7-2-8-16-28)23-34(32)37-26-30-19-11-4-12-20-30/h1-20,22-23H,21,24-26H2. The summed E-state index contributed by atoms with van der Waals surface area (Å²) in [6.07, 6.45) is 0.689. The molecule has 5 aromatic rings. The molecule has 0 bridgehead atoms. The molecule has 5 rings (SSSR count). The van der Waals surface area contributed by atoms with Gasteiger partial charge in [0.05, 0.1) is 0 Å². The lowest BCUT2D eigenvalue weighted by Crippen LogP contribution is -2.05. The summed E-state index contributed by atoms with van der Waals surface area (Å²) in [6.45, 7) is 1.39. The van der Waals surface area contributed by atoms with Crippen LogP contribution >= 0.6 is 0 Å². The van der Waals surface area contributed by atoms with Crippen molar-refractivity contribution in [3.8, 4) is 17.2 Å². The predicted octanol–water partition coefficient (Wildman–Crippen LogP) is 8.01. The molecule has 3 nitrogen and oxygen atoms in total. The third-order valence-corrected chi connectivity index (χ3v) is 6.09. The summed E-state index contributed by atoms with van der Waals surface area (Å²) in [7, 11) is 0. The number of hydrogen-bond donors (Lipinski definition) is 0. The van der Waals surface area contributed by atoms with E-state index in [2.05, 4.69) is 60.7 Å². The van der Waals surface area contributed by atoms with E-state index >= 15 is 0 Å². The van der Waals surface area contributed by atoms with Crippen molar-refractivity contribution in [2.24, 2.45) is 0 Å². The first kappa shape index (κ1) is 24.2. The van der Waals surface area contributed by atoms with E-state index in [1.807, 2.05) is 72.8 Å². The molecule has 0 spiro atoms. The van der Waals surface area contributed by atoms with Crippen molar-refractivity contribution in [1.82, 2.24) is 0 Å². The van der Waals surface area contributed by atoms with Gasteiger partial charge in [-0.05, 0) is 22.3 Å². The van der Waals surface area contributed by atoms with Crippen LogP contribution in [-0.4, -0.2) is 0 Å². The smallest absolute Gasteiger partial charge is 0.130 e. The van der Waals surface area contributed by atoms with Gasteiger partial charge < -0.3 is 14.2 Å². The topological polar surface area (TPSA) is 27.7 Å². The van der Waals surface area contributed by atoms with Crippen molar-refractivity contribution < 1.29 is 14.2 Å². The second kappa shape index (κ2) is 12.5. The molecule has 0 unspecified atom stereocenters. The predicted molar refractivity (Wildman–Crippen MR) is 148 cm³/mol. The van der Waals surface area contributed by atoms with Gasteiger partial charge in [-0.3, -0.25) is 0 Å². The molecule has 0 aromatic heterocycles. The minimum atomic E-state index is 0.461. The Morgan fingerprint density at radius 2 is 0.730 bits per heavy atom. The molecule has 0 aliphatic carbocycles. The normalized spacial score (nSPS) is 10.6. The number of hydrogen-bond acceptors (Lipinski definition) is 3. The number of ether oxygens (including phenoxy) is 3. The molecular weight excluding hydrogens is 456 g/mol. The Hall–Kier alpha value is -4.50. The highest BCUT2D eigenvalue weighted by Gasteiger charge is 2.16. The molecular formula is C34H30O3. The fourth-order valence-electron chi connectivity index (χ4n) is 4.12. The van der Waals surface area contributed by atoms with Gasteiger partial charge in [-0.15, -0.1) is 0 Å². The van der Waals surface area contributed by atoms with Crippen LogP contribution in [0.15, 0.2) is 133 Å². The molecule has 0 heterocycles. The average molecular weight is 487 g/mol. The maximum absolute atomic E-state index is 6.42. The van der Waals surface area contributed by atoms with Crippen LogP contribution < -0.4 is 14.2 Å². The zero-order valence-electron chi connectivity index (χ0n) is 20.8. The molecule has 0 saturated heterocycles. The third kappa shape index (κ3) is 7.02. The van der Waals surface area contributed by atoms with Crippen LogP contribution in [0, 0.1) is 0 Å². The van der Waals surface area contributed by atoms with Crippen molar-refractivity contribution in [3.63, 3.8) is 0 Å². The number of benzene rings is 5. The average Bonchev–Trinajstić information content (AvgIpc) is 2.97. The third-order valence-electron chi connectivity index (χ3n) is 6.09. The Bertz CT molecular complexity index is 1300. The fourth-order valence-corrected chi connectivity index (χ4v) is 4.12. The summed E-state index contributed by atoms with van der Waals surface area (Å²) in [5.74, 6) is 2.24. The molecule has 0 aliphatic heterocycles. The van der Waals surface area contributed by atoms with E-state index in [0.717, 1.165) is 33.8 Å². The molecule has 37 heavy (non-hydrogen) atoms. The van der Waals surface area contributed by atoms with E-state index in [0.29, 0.717) is 32.0 Å². The maximum Gasteiger partial charge on any atom is 0.130 e. The Morgan fingerprint density at radius 3 is 1.14 bits per heavy atom. The van der Waals surface area contributed by atoms with E-state index in [-0.39, 0.29) is 0 Å². The van der Waals surface area contributed by atoms with Gasteiger partial charge in [0, 0.05) is 24.1 Å². The minimum Gasteiger partial charge on any atom is -0.489 e. The highest BCUT2D eigenvalue weighted by Crippen LogP contribution is 2.37. The summed E-state index contributed by atoms with van der Waals surface area (Å²) in [6, 6.07) is 44.9. The van der Waals surface area contributed by atoms with Crippen molar-refractivity contribution in [2.75, 3.05) is 0 Å². The lowest BCUT2D eigenvalue weighted by Gasteiger charge is -2.19. The lowest BCUT2D eigenvalue weighted by molar-refractivity contribution is 0.271. The van der Waals surface area contributed by atoms with Gasteiger partial charge in [0.25, 0.3) is 0 Å². The Morgan fingerprint density at radius 1 is 0.378 bits per heavy atom. The molecule has 0 fully saturated rings. The van der Waals surface area contributed by atoms with Crippen LogP contribution in [0.3, 0.4) is 0 Å². The van der Waals surface area contributed by atoms with Crippen LogP contribution in [-0.2, 0) is 26.2 Å². The first-order chi connectivity index (χ1) is 18.3. The van der Waals surface area contributed by atoms with E-state index < -0.39 is 0 Å². The number of rotatable bonds is 11. The van der Waals surface area contributed by atoms with E-state index in [1.165, 1.54) is 5.56 Å². The molecule has 0 radical (unpaired) electrons. The second-order valence-corrected chi connectivity index (χ2v) is 8.88. The molecule has 0 N–H and O–H groups in total. The SMILES string of the molecule is c1ccc(COc2cc(OCc3ccccc3)c(Cc3ccccc3)c(OCc3ccccc3)c2)cc1. The zero-order valence-corrected chi connectivity index (χ0v) is 20.8. The zero-order chi connectivity index (χ0) is 25.1. The largest absolute Gasteiger partial charge is 0.489 e. The van der Waals surface area contributed by atoms with Crippen molar-refractivity contribution >= 4 is 0 Å². The maximum atomic E-state index is 6.42. The van der Waals surface area contributed by atoms with Crippen LogP contribution in [0.1, 0.15) is 27.8 Å². The van der Waals surface area contributed by atoms with Gasteiger partial charge in [-0.25, -0.2) is 0 Å². The van der Waals surface area contributed by atoms with E-state index in [4.69, 9.17) is 14.2 Å². The summed E-state index contributed by atoms with van der Waals surface area (Å²) >= 11 is 0. The Kier molecular flexibility index (Phi) is 8.15. The Balaban J connectivity index is 1.48. The van der Waals surface area contributed by atoms with Gasteiger partial charge in [0.15, 0.2) is 0 Å². The summed E-state index contributed by atoms with van der Waals surface area (Å²) < 4.78 is 19.1. The molecule has 0 atom stereocenters. The Labute approximate surface area is 218 Å². The van der Waals surface area contributed by atoms with Crippen molar-refractivity contribution in [2.45, 2.75) is 26.2 Å². The first-order valence-electron chi connectivity index (χ1n) is 12.5. The van der Waals surface area contributed by atoms with Gasteiger partial charge in [0.2, 0.25) is 0 Å². The minimum absolute atomic E-state index is 0.461. The molecule has 0 amide bonds. The summed E-state index contributed by atoms with van der Waals surface area (Å²) in [5, 5.41) is 0. The highest BCUT2D eigenvalue weighted by atomic mass is 16.5. The molecule has 3 heteroatoms. The van der Waals surface area contributed by atoms with Crippen LogP contribution in [0.5, 0.6) is 17.2 Å². The molecule has 0 saturated carbocycles. The van der Waals surface area contributed by atoms with Gasteiger partial charge in [-0.1, -0.05) is 121 Å². The molecule has 0 aliphatic rings. The highest BCUT2D eigenvalue weighted by molar-refractivity contribution is 5.53. The lowest BCUT2D eigenvalue weighted by atomic mass is 10.0. The molecule has 184 valence electrons. The van der Waals surface area contributed by atoms with Crippen molar-refractivity contribution in [1.29, 1.82) is 0 Å². The molecule has 5 aromatic carbocycles. The summed E-state index contributed by atoms with van der Waals surface area (Å²) in [4.78, 5) is 0. The van der Waals surface area contributed by atoms with Crippen LogP contribution in [0.2, 0.25) is 0 Å². The van der Waals surface area contributed by atoms with Crippen molar-refractivity contribution in [3.05, 3.63) is 161 Å². The van der Waals surface area contributed by atoms with E-state index in [9.17, 15) is 0 Å². The quantitative estimate of drug-likeness (QED) is 0.189. The fraction of sp³-hybridized carbons (Fsp3) is 0.118. The first-order valence-corrected chi connectivity index (χ1v) is 12.5.